The number of aromatic nitrogens is 1. The SMILES string of the molecule is CCCCCNC(=O)COC(=O)c1csc(-c2cccs2)n1. The Kier molecular flexibility index (Phi) is 6.54. The van der Waals surface area contributed by atoms with Gasteiger partial charge in [-0.15, -0.1) is 22.7 Å². The highest BCUT2D eigenvalue weighted by Crippen LogP contribution is 2.27. The van der Waals surface area contributed by atoms with Gasteiger partial charge < -0.3 is 10.1 Å². The maximum absolute atomic E-state index is 11.9. The molecule has 2 aromatic heterocycles. The third kappa shape index (κ3) is 4.92. The molecule has 0 fully saturated rings. The third-order valence-electron chi connectivity index (χ3n) is 2.88. The number of esters is 1. The fourth-order valence-electron chi connectivity index (χ4n) is 1.74. The van der Waals surface area contributed by atoms with E-state index in [0.717, 1.165) is 29.1 Å². The summed E-state index contributed by atoms with van der Waals surface area (Å²) in [6, 6.07) is 3.88. The molecule has 2 rings (SSSR count). The van der Waals surface area contributed by atoms with Crippen LogP contribution in [0.5, 0.6) is 0 Å². The van der Waals surface area contributed by atoms with E-state index in [1.54, 1.807) is 16.7 Å². The maximum atomic E-state index is 11.9. The number of thiazole rings is 1. The van der Waals surface area contributed by atoms with Gasteiger partial charge in [-0.1, -0.05) is 25.8 Å². The van der Waals surface area contributed by atoms with Gasteiger partial charge in [0.1, 0.15) is 5.01 Å². The maximum Gasteiger partial charge on any atom is 0.358 e. The van der Waals surface area contributed by atoms with Crippen LogP contribution in [-0.4, -0.2) is 30.0 Å². The number of nitrogens with one attached hydrogen (secondary N) is 1. The Balaban J connectivity index is 1.77. The predicted molar refractivity (Wildman–Crippen MR) is 88.2 cm³/mol. The van der Waals surface area contributed by atoms with Crippen LogP contribution in [0.4, 0.5) is 0 Å². The fourth-order valence-corrected chi connectivity index (χ4v) is 3.34. The van der Waals surface area contributed by atoms with Crippen LogP contribution in [0, 0.1) is 0 Å². The zero-order chi connectivity index (χ0) is 15.8. The highest BCUT2D eigenvalue weighted by Gasteiger charge is 2.15. The number of rotatable bonds is 8. The first kappa shape index (κ1) is 16.6. The summed E-state index contributed by atoms with van der Waals surface area (Å²) in [5.41, 5.74) is 0.243. The van der Waals surface area contributed by atoms with Gasteiger partial charge in [0, 0.05) is 11.9 Å². The number of amides is 1. The van der Waals surface area contributed by atoms with Gasteiger partial charge in [-0.25, -0.2) is 9.78 Å². The van der Waals surface area contributed by atoms with Crippen molar-refractivity contribution >= 4 is 34.6 Å². The second-order valence-corrected chi connectivity index (χ2v) is 6.45. The van der Waals surface area contributed by atoms with Gasteiger partial charge in [-0.05, 0) is 17.9 Å². The lowest BCUT2D eigenvalue weighted by molar-refractivity contribution is -0.124. The molecule has 0 aromatic carbocycles. The van der Waals surface area contributed by atoms with Gasteiger partial charge in [0.2, 0.25) is 0 Å². The number of hydrogen-bond donors (Lipinski definition) is 1. The molecule has 1 N–H and O–H groups in total. The van der Waals surface area contributed by atoms with E-state index in [2.05, 4.69) is 17.2 Å². The molecule has 1 amide bonds. The molecule has 0 saturated carbocycles. The van der Waals surface area contributed by atoms with E-state index < -0.39 is 5.97 Å². The summed E-state index contributed by atoms with van der Waals surface area (Å²) in [5, 5.41) is 7.11. The van der Waals surface area contributed by atoms with Crippen molar-refractivity contribution in [2.75, 3.05) is 13.2 Å². The second-order valence-electron chi connectivity index (χ2n) is 4.65. The highest BCUT2D eigenvalue weighted by molar-refractivity contribution is 7.20. The molecule has 2 aromatic rings. The third-order valence-corrected chi connectivity index (χ3v) is 4.76. The molecule has 0 radical (unpaired) electrons. The number of carbonyl (C=O) groups is 2. The fraction of sp³-hybridized carbons (Fsp3) is 0.400. The molecule has 0 atom stereocenters. The molecule has 0 spiro atoms. The summed E-state index contributed by atoms with van der Waals surface area (Å²) in [7, 11) is 0. The lowest BCUT2D eigenvalue weighted by Crippen LogP contribution is -2.29. The molecule has 0 aliphatic carbocycles. The molecule has 0 bridgehead atoms. The summed E-state index contributed by atoms with van der Waals surface area (Å²) >= 11 is 2.95. The largest absolute Gasteiger partial charge is 0.451 e. The minimum atomic E-state index is -0.567. The molecule has 0 saturated heterocycles. The first-order chi connectivity index (χ1) is 10.7. The van der Waals surface area contributed by atoms with Crippen LogP contribution in [0.3, 0.4) is 0 Å². The Morgan fingerprint density at radius 2 is 2.18 bits per heavy atom. The van der Waals surface area contributed by atoms with E-state index >= 15 is 0 Å². The van der Waals surface area contributed by atoms with Crippen molar-refractivity contribution in [2.24, 2.45) is 0 Å². The van der Waals surface area contributed by atoms with Crippen LogP contribution in [0.2, 0.25) is 0 Å². The lowest BCUT2D eigenvalue weighted by atomic mass is 10.2. The molecule has 7 heteroatoms. The molecule has 5 nitrogen and oxygen atoms in total. The van der Waals surface area contributed by atoms with E-state index in [1.807, 2.05) is 17.5 Å². The summed E-state index contributed by atoms with van der Waals surface area (Å²) < 4.78 is 4.97. The second kappa shape index (κ2) is 8.65. The predicted octanol–water partition coefficient (Wildman–Crippen LogP) is 3.33. The van der Waals surface area contributed by atoms with Crippen molar-refractivity contribution in [1.82, 2.24) is 10.3 Å². The zero-order valence-electron chi connectivity index (χ0n) is 12.3. The number of carbonyl (C=O) groups excluding carboxylic acids is 2. The average Bonchev–Trinajstić information content (AvgIpc) is 3.19. The molecule has 22 heavy (non-hydrogen) atoms. The van der Waals surface area contributed by atoms with Crippen LogP contribution in [0.25, 0.3) is 9.88 Å². The molecular formula is C15H18N2O3S2. The first-order valence-corrected chi connectivity index (χ1v) is 8.90. The minimum Gasteiger partial charge on any atom is -0.451 e. The first-order valence-electron chi connectivity index (χ1n) is 7.14. The summed E-state index contributed by atoms with van der Waals surface area (Å²) in [5.74, 6) is -0.846. The van der Waals surface area contributed by atoms with Gasteiger partial charge in [0.25, 0.3) is 5.91 Å². The lowest BCUT2D eigenvalue weighted by Gasteiger charge is -2.05. The van der Waals surface area contributed by atoms with E-state index in [4.69, 9.17) is 4.74 Å². The Bertz CT molecular complexity index is 608. The monoisotopic (exact) mass is 338 g/mol. The molecule has 118 valence electrons. The normalized spacial score (nSPS) is 10.4. The standard InChI is InChI=1S/C15H18N2O3S2/c1-2-3-4-7-16-13(18)9-20-15(19)11-10-22-14(17-11)12-6-5-8-21-12/h5-6,8,10H,2-4,7,9H2,1H3,(H,16,18). The number of ether oxygens (including phenoxy) is 1. The smallest absolute Gasteiger partial charge is 0.358 e. The quantitative estimate of drug-likeness (QED) is 0.592. The van der Waals surface area contributed by atoms with Gasteiger partial charge in [0.15, 0.2) is 12.3 Å². The Labute approximate surface area is 137 Å². The summed E-state index contributed by atoms with van der Waals surface area (Å²) in [4.78, 5) is 28.6. The minimum absolute atomic E-state index is 0.243. The van der Waals surface area contributed by atoms with Crippen molar-refractivity contribution in [2.45, 2.75) is 26.2 Å². The van der Waals surface area contributed by atoms with Crippen LogP contribution < -0.4 is 5.32 Å². The number of unbranched alkanes of at least 4 members (excludes halogenated alkanes) is 2. The highest BCUT2D eigenvalue weighted by atomic mass is 32.1. The van der Waals surface area contributed by atoms with E-state index in [9.17, 15) is 9.59 Å². The topological polar surface area (TPSA) is 68.3 Å². The van der Waals surface area contributed by atoms with Crippen molar-refractivity contribution in [1.29, 1.82) is 0 Å². The Hall–Kier alpha value is -1.73. The van der Waals surface area contributed by atoms with Gasteiger partial charge in [-0.3, -0.25) is 4.79 Å². The van der Waals surface area contributed by atoms with E-state index in [0.29, 0.717) is 6.54 Å². The van der Waals surface area contributed by atoms with Crippen molar-refractivity contribution < 1.29 is 14.3 Å². The summed E-state index contributed by atoms with van der Waals surface area (Å²) in [6.45, 7) is 2.45. The number of nitrogens with zero attached hydrogens (tertiary/aromatic N) is 1. The molecule has 0 unspecified atom stereocenters. The van der Waals surface area contributed by atoms with Crippen molar-refractivity contribution in [3.63, 3.8) is 0 Å². The summed E-state index contributed by atoms with van der Waals surface area (Å²) in [6.07, 6.45) is 3.11. The molecule has 0 aliphatic heterocycles. The van der Waals surface area contributed by atoms with E-state index in [1.165, 1.54) is 11.3 Å². The van der Waals surface area contributed by atoms with Gasteiger partial charge >= 0.3 is 5.97 Å². The van der Waals surface area contributed by atoms with Crippen molar-refractivity contribution in [3.8, 4) is 9.88 Å². The molecule has 2 heterocycles. The molecular weight excluding hydrogens is 320 g/mol. The van der Waals surface area contributed by atoms with Crippen LogP contribution in [0.15, 0.2) is 22.9 Å². The average molecular weight is 338 g/mol. The molecule has 0 aliphatic rings. The number of thiophene rings is 1. The van der Waals surface area contributed by atoms with Gasteiger partial charge in [0.05, 0.1) is 4.88 Å². The van der Waals surface area contributed by atoms with E-state index in [-0.39, 0.29) is 18.2 Å². The van der Waals surface area contributed by atoms with Gasteiger partial charge in [-0.2, -0.15) is 0 Å². The van der Waals surface area contributed by atoms with Crippen LogP contribution >= 0.6 is 22.7 Å². The zero-order valence-corrected chi connectivity index (χ0v) is 14.0. The van der Waals surface area contributed by atoms with Crippen LogP contribution in [0.1, 0.15) is 36.7 Å². The Morgan fingerprint density at radius 3 is 2.91 bits per heavy atom. The number of hydrogen-bond acceptors (Lipinski definition) is 6. The van der Waals surface area contributed by atoms with Crippen LogP contribution in [-0.2, 0) is 9.53 Å². The Morgan fingerprint density at radius 1 is 1.32 bits per heavy atom. The van der Waals surface area contributed by atoms with Crippen molar-refractivity contribution in [3.05, 3.63) is 28.6 Å².